The summed E-state index contributed by atoms with van der Waals surface area (Å²) in [6.07, 6.45) is 7.33. The van der Waals surface area contributed by atoms with Crippen molar-refractivity contribution in [2.75, 3.05) is 4.90 Å². The van der Waals surface area contributed by atoms with Gasteiger partial charge in [0.2, 0.25) is 0 Å². The number of anilines is 2. The van der Waals surface area contributed by atoms with Crippen LogP contribution in [0.25, 0.3) is 122 Å². The number of para-hydroxylation sites is 6. The average Bonchev–Trinajstić information content (AvgIpc) is 4.19. The minimum Gasteiger partial charge on any atom is -0.329 e. The van der Waals surface area contributed by atoms with E-state index >= 15 is 0 Å². The zero-order chi connectivity index (χ0) is 54.8. The van der Waals surface area contributed by atoms with Crippen LogP contribution in [-0.4, -0.2) is 34.2 Å². The van der Waals surface area contributed by atoms with Gasteiger partial charge in [0.15, 0.2) is 17.5 Å². The molecule has 15 aromatic rings. The van der Waals surface area contributed by atoms with Gasteiger partial charge >= 0.3 is 0 Å². The fourth-order valence-electron chi connectivity index (χ4n) is 13.7. The van der Waals surface area contributed by atoms with Crippen molar-refractivity contribution in [3.05, 3.63) is 296 Å². The molecule has 0 saturated heterocycles. The third-order valence-electron chi connectivity index (χ3n) is 17.5. The van der Waals surface area contributed by atoms with Crippen molar-refractivity contribution in [2.24, 2.45) is 0 Å². The first kappa shape index (κ1) is 47.0. The fraction of sp³-hybridized carbons (Fsp3) is 0.0395. The Bertz CT molecular complexity index is 5070. The smallest absolute Gasteiger partial charge is 0.164 e. The van der Waals surface area contributed by atoms with Crippen molar-refractivity contribution in [1.82, 2.24) is 28.7 Å². The van der Waals surface area contributed by atoms with Crippen LogP contribution in [0.2, 0.25) is 0 Å². The highest BCUT2D eigenvalue weighted by Crippen LogP contribution is 2.57. The monoisotopic (exact) mass is 1060 g/mol. The summed E-state index contributed by atoms with van der Waals surface area (Å²) >= 11 is 0. The topological polar surface area (TPSA) is 56.7 Å². The summed E-state index contributed by atoms with van der Waals surface area (Å²) in [4.78, 5) is 18.2. The van der Waals surface area contributed by atoms with Crippen molar-refractivity contribution < 1.29 is 0 Å². The molecule has 0 N–H and O–H groups in total. The number of rotatable bonds is 8. The Morgan fingerprint density at radius 1 is 0.325 bits per heavy atom. The standard InChI is InChI=1S/C76H51N7/c1-76-44-43-52(51-37-40-68-61(45-51)58-29-13-17-33-65(58)81(68)55-39-42-69-62(48-55)59-30-14-16-32-64(59)80(69)54-25-9-4-10-26-54)46-63(76)60-31-15-20-36-70(60)83(76)72-47-53(38-41-71(72)82-66-34-18-11-27-56(66)57-28-12-19-35-67(57)82)75-78-73(49-21-5-2-6-22-49)77-74(79-75)50-23-7-3-8-24-50/h2-48,63H,1H3. The maximum atomic E-state index is 5.27. The molecule has 7 nitrogen and oxygen atoms in total. The highest BCUT2D eigenvalue weighted by molar-refractivity contribution is 6.13. The lowest BCUT2D eigenvalue weighted by atomic mass is 9.77. The Labute approximate surface area is 479 Å². The van der Waals surface area contributed by atoms with E-state index in [4.69, 9.17) is 15.0 Å². The summed E-state index contributed by atoms with van der Waals surface area (Å²) in [5, 5.41) is 7.32. The molecule has 1 aliphatic heterocycles. The van der Waals surface area contributed by atoms with Crippen molar-refractivity contribution in [2.45, 2.75) is 18.4 Å². The summed E-state index contributed by atoms with van der Waals surface area (Å²) in [6, 6.07) is 96.1. The van der Waals surface area contributed by atoms with Gasteiger partial charge in [-0.25, -0.2) is 15.0 Å². The molecule has 4 aromatic heterocycles. The van der Waals surface area contributed by atoms with Gasteiger partial charge in [-0.05, 0) is 115 Å². The summed E-state index contributed by atoms with van der Waals surface area (Å²) in [7, 11) is 0. The molecule has 0 saturated carbocycles. The molecule has 17 rings (SSSR count). The molecular formula is C76H51N7. The largest absolute Gasteiger partial charge is 0.329 e. The molecule has 2 atom stereocenters. The quantitative estimate of drug-likeness (QED) is 0.152. The lowest BCUT2D eigenvalue weighted by Gasteiger charge is -2.41. The van der Waals surface area contributed by atoms with E-state index in [2.05, 4.69) is 274 Å². The van der Waals surface area contributed by atoms with Crippen LogP contribution in [0.3, 0.4) is 0 Å². The first-order valence-corrected chi connectivity index (χ1v) is 28.5. The molecule has 0 radical (unpaired) electrons. The maximum Gasteiger partial charge on any atom is 0.164 e. The van der Waals surface area contributed by atoms with E-state index in [0.717, 1.165) is 56.2 Å². The van der Waals surface area contributed by atoms with Gasteiger partial charge in [-0.1, -0.05) is 194 Å². The number of nitrogens with zero attached hydrogens (tertiary/aromatic N) is 7. The zero-order valence-corrected chi connectivity index (χ0v) is 45.3. The maximum absolute atomic E-state index is 5.27. The van der Waals surface area contributed by atoms with E-state index in [-0.39, 0.29) is 5.92 Å². The first-order valence-electron chi connectivity index (χ1n) is 28.5. The molecule has 0 bridgehead atoms. The van der Waals surface area contributed by atoms with Gasteiger partial charge < -0.3 is 18.6 Å². The van der Waals surface area contributed by atoms with E-state index in [1.165, 1.54) is 71.1 Å². The Hall–Kier alpha value is -10.9. The SMILES string of the molecule is CC12C=CC(c3ccc4c(c3)c3ccccc3n4-c3ccc4c(c3)c3ccccc3n4-c3ccccc3)=CC1c1ccccc1N2c1cc(-c2nc(-c3ccccc3)nc(-c3ccccc3)n2)ccc1-n1c2ccccc2c2ccccc21. The van der Waals surface area contributed by atoms with Crippen molar-refractivity contribution in [3.8, 4) is 51.2 Å². The van der Waals surface area contributed by atoms with E-state index in [9.17, 15) is 0 Å². The van der Waals surface area contributed by atoms with Gasteiger partial charge in [-0.3, -0.25) is 0 Å². The van der Waals surface area contributed by atoms with E-state index in [0.29, 0.717) is 17.5 Å². The van der Waals surface area contributed by atoms with Crippen molar-refractivity contribution in [1.29, 1.82) is 0 Å². The normalized spacial score (nSPS) is 15.7. The molecule has 390 valence electrons. The molecule has 0 spiro atoms. The predicted molar refractivity (Wildman–Crippen MR) is 342 cm³/mol. The fourth-order valence-corrected chi connectivity index (χ4v) is 13.7. The summed E-state index contributed by atoms with van der Waals surface area (Å²) in [5.74, 6) is 1.86. The van der Waals surface area contributed by atoms with E-state index in [1.54, 1.807) is 0 Å². The molecule has 0 amide bonds. The van der Waals surface area contributed by atoms with Crippen molar-refractivity contribution in [3.63, 3.8) is 0 Å². The number of aromatic nitrogens is 6. The Kier molecular flexibility index (Phi) is 10.4. The highest BCUT2D eigenvalue weighted by atomic mass is 15.3. The van der Waals surface area contributed by atoms with Gasteiger partial charge in [0.1, 0.15) is 0 Å². The van der Waals surface area contributed by atoms with Crippen molar-refractivity contribution >= 4 is 82.4 Å². The number of benzene rings is 11. The molecule has 11 aromatic carbocycles. The van der Waals surface area contributed by atoms with Gasteiger partial charge in [-0.2, -0.15) is 0 Å². The van der Waals surface area contributed by atoms with Gasteiger partial charge in [-0.15, -0.1) is 0 Å². The van der Waals surface area contributed by atoms with E-state index in [1.807, 2.05) is 36.4 Å². The van der Waals surface area contributed by atoms with Crippen LogP contribution in [-0.2, 0) is 0 Å². The second kappa shape index (κ2) is 18.3. The molecule has 83 heavy (non-hydrogen) atoms. The van der Waals surface area contributed by atoms with Crippen LogP contribution in [0.15, 0.2) is 285 Å². The van der Waals surface area contributed by atoms with Crippen LogP contribution >= 0.6 is 0 Å². The Morgan fingerprint density at radius 2 is 0.783 bits per heavy atom. The third-order valence-corrected chi connectivity index (χ3v) is 17.5. The number of allylic oxidation sites excluding steroid dienone is 2. The van der Waals surface area contributed by atoms with E-state index < -0.39 is 5.54 Å². The second-order valence-electron chi connectivity index (χ2n) is 22.1. The lowest BCUT2D eigenvalue weighted by molar-refractivity contribution is 0.543. The molecule has 5 heterocycles. The zero-order valence-electron chi connectivity index (χ0n) is 45.3. The number of hydrogen-bond acceptors (Lipinski definition) is 4. The average molecular weight is 1060 g/mol. The minimum atomic E-state index is -0.523. The molecule has 2 unspecified atom stereocenters. The van der Waals surface area contributed by atoms with Crippen LogP contribution in [0, 0.1) is 0 Å². The Morgan fingerprint density at radius 3 is 1.40 bits per heavy atom. The lowest BCUT2D eigenvalue weighted by Crippen LogP contribution is -2.42. The van der Waals surface area contributed by atoms with Crippen LogP contribution in [0.4, 0.5) is 11.4 Å². The molecule has 7 heteroatoms. The summed E-state index contributed by atoms with van der Waals surface area (Å²) < 4.78 is 7.27. The molecule has 0 fully saturated rings. The first-order chi connectivity index (χ1) is 41.0. The third kappa shape index (κ3) is 7.21. The minimum absolute atomic E-state index is 0.00156. The van der Waals surface area contributed by atoms with Gasteiger partial charge in [0, 0.05) is 72.0 Å². The summed E-state index contributed by atoms with van der Waals surface area (Å²) in [6.45, 7) is 2.40. The van der Waals surface area contributed by atoms with Crippen LogP contribution < -0.4 is 4.90 Å². The second-order valence-corrected chi connectivity index (χ2v) is 22.1. The molecule has 1 aliphatic carbocycles. The van der Waals surface area contributed by atoms with Crippen LogP contribution in [0.5, 0.6) is 0 Å². The molecular weight excluding hydrogens is 1010 g/mol. The Balaban J connectivity index is 0.820. The molecule has 2 aliphatic rings. The van der Waals surface area contributed by atoms with Gasteiger partial charge in [0.25, 0.3) is 0 Å². The van der Waals surface area contributed by atoms with Gasteiger partial charge in [0.05, 0.1) is 50.0 Å². The number of hydrogen-bond donors (Lipinski definition) is 0. The predicted octanol–water partition coefficient (Wildman–Crippen LogP) is 18.8. The van der Waals surface area contributed by atoms with Crippen LogP contribution in [0.1, 0.15) is 24.0 Å². The number of fused-ring (bicyclic) bond motifs is 12. The highest BCUT2D eigenvalue weighted by Gasteiger charge is 2.48. The summed E-state index contributed by atoms with van der Waals surface area (Å²) in [5.41, 5.74) is 18.5.